The monoisotopic (exact) mass is 329 g/mol. The van der Waals surface area contributed by atoms with E-state index in [1.165, 1.54) is 11.8 Å². The van der Waals surface area contributed by atoms with E-state index in [0.29, 0.717) is 0 Å². The van der Waals surface area contributed by atoms with Crippen molar-refractivity contribution in [3.05, 3.63) is 29.8 Å². The van der Waals surface area contributed by atoms with Gasteiger partial charge < -0.3 is 5.11 Å². The molecule has 0 bridgehead atoms. The van der Waals surface area contributed by atoms with Gasteiger partial charge in [-0.25, -0.2) is 8.42 Å². The fourth-order valence-electron chi connectivity index (χ4n) is 2.12. The van der Waals surface area contributed by atoms with Crippen molar-refractivity contribution in [2.24, 2.45) is 0 Å². The molecule has 0 spiro atoms. The number of carboxylic acid groups (broad SMARTS) is 1. The van der Waals surface area contributed by atoms with Gasteiger partial charge in [0.15, 0.2) is 0 Å². The number of hydrogen-bond acceptors (Lipinski definition) is 4. The topological polar surface area (TPSA) is 74.7 Å². The van der Waals surface area contributed by atoms with Gasteiger partial charge in [0.25, 0.3) is 0 Å². The zero-order valence-electron chi connectivity index (χ0n) is 12.2. The maximum atomic E-state index is 12.6. The van der Waals surface area contributed by atoms with Crippen LogP contribution in [0.3, 0.4) is 0 Å². The molecule has 0 aromatic heterocycles. The lowest BCUT2D eigenvalue weighted by molar-refractivity contribution is -0.140. The molecule has 21 heavy (non-hydrogen) atoms. The van der Waals surface area contributed by atoms with E-state index < -0.39 is 22.0 Å². The number of thioether (sulfide) groups is 1. The molecule has 0 radical (unpaired) electrons. The van der Waals surface area contributed by atoms with Crippen molar-refractivity contribution in [2.75, 3.05) is 11.6 Å². The molecule has 116 valence electrons. The van der Waals surface area contributed by atoms with Crippen LogP contribution in [0, 0.1) is 0 Å². The summed E-state index contributed by atoms with van der Waals surface area (Å²) in [6.45, 7) is 6.15. The van der Waals surface area contributed by atoms with Gasteiger partial charge in [0.1, 0.15) is 6.04 Å². The van der Waals surface area contributed by atoms with Crippen LogP contribution in [-0.4, -0.2) is 41.5 Å². The van der Waals surface area contributed by atoms with Crippen LogP contribution in [0.1, 0.15) is 26.3 Å². The largest absolute Gasteiger partial charge is 0.480 e. The lowest BCUT2D eigenvalue weighted by Gasteiger charge is -2.22. The number of rotatable bonds is 3. The predicted octanol–water partition coefficient (Wildman–Crippen LogP) is 2.13. The summed E-state index contributed by atoms with van der Waals surface area (Å²) in [6, 6.07) is 5.69. The molecule has 1 aliphatic rings. The molecule has 1 fully saturated rings. The minimum atomic E-state index is -3.76. The molecule has 0 amide bonds. The highest BCUT2D eigenvalue weighted by Crippen LogP contribution is 2.30. The van der Waals surface area contributed by atoms with Gasteiger partial charge in [-0.2, -0.15) is 4.31 Å². The molecular weight excluding hydrogens is 310 g/mol. The summed E-state index contributed by atoms with van der Waals surface area (Å²) >= 11 is 1.31. The van der Waals surface area contributed by atoms with Crippen LogP contribution in [0.15, 0.2) is 29.2 Å². The van der Waals surface area contributed by atoms with Crippen LogP contribution in [0.4, 0.5) is 0 Å². The van der Waals surface area contributed by atoms with Crippen molar-refractivity contribution in [1.29, 1.82) is 0 Å². The zero-order chi connectivity index (χ0) is 15.8. The quantitative estimate of drug-likeness (QED) is 0.919. The molecule has 5 nitrogen and oxygen atoms in total. The highest BCUT2D eigenvalue weighted by molar-refractivity contribution is 8.00. The molecule has 1 atom stereocenters. The normalized spacial score (nSPS) is 20.6. The van der Waals surface area contributed by atoms with E-state index in [0.717, 1.165) is 9.87 Å². The number of benzene rings is 1. The van der Waals surface area contributed by atoms with Crippen molar-refractivity contribution in [1.82, 2.24) is 4.31 Å². The molecule has 0 aliphatic carbocycles. The first-order valence-electron chi connectivity index (χ1n) is 6.57. The van der Waals surface area contributed by atoms with Crippen molar-refractivity contribution < 1.29 is 18.3 Å². The molecule has 1 N–H and O–H groups in total. The smallest absolute Gasteiger partial charge is 0.322 e. The van der Waals surface area contributed by atoms with Gasteiger partial charge in [-0.15, -0.1) is 11.8 Å². The second-order valence-corrected chi connectivity index (χ2v) is 8.91. The van der Waals surface area contributed by atoms with Gasteiger partial charge >= 0.3 is 5.97 Å². The number of carbonyl (C=O) groups is 1. The van der Waals surface area contributed by atoms with Crippen molar-refractivity contribution >= 4 is 27.8 Å². The van der Waals surface area contributed by atoms with E-state index in [1.807, 2.05) is 20.8 Å². The maximum absolute atomic E-state index is 12.6. The van der Waals surface area contributed by atoms with Crippen molar-refractivity contribution in [3.63, 3.8) is 0 Å². The predicted molar refractivity (Wildman–Crippen MR) is 82.9 cm³/mol. The third-order valence-corrected chi connectivity index (χ3v) is 6.50. The average Bonchev–Trinajstić information content (AvgIpc) is 2.88. The summed E-state index contributed by atoms with van der Waals surface area (Å²) in [4.78, 5) is 11.3. The molecule has 7 heteroatoms. The standard InChI is InChI=1S/C14H19NO4S2/c1-14(2,3)10-4-6-11(7-5-10)21(18,19)15-9-20-8-12(15)13(16)17/h4-7,12H,8-9H2,1-3H3,(H,16,17)/t12-/m0/s1. The van der Waals surface area contributed by atoms with E-state index in [4.69, 9.17) is 5.11 Å². The molecule has 1 heterocycles. The van der Waals surface area contributed by atoms with Crippen LogP contribution in [0.25, 0.3) is 0 Å². The van der Waals surface area contributed by atoms with Gasteiger partial charge in [0.2, 0.25) is 10.0 Å². The Morgan fingerprint density at radius 3 is 2.33 bits per heavy atom. The Morgan fingerprint density at radius 1 is 1.29 bits per heavy atom. The summed E-state index contributed by atoms with van der Waals surface area (Å²) in [5.74, 6) is -0.635. The van der Waals surface area contributed by atoms with Gasteiger partial charge in [-0.05, 0) is 23.1 Å². The summed E-state index contributed by atoms with van der Waals surface area (Å²) in [7, 11) is -3.76. The Morgan fingerprint density at radius 2 is 1.86 bits per heavy atom. The van der Waals surface area contributed by atoms with E-state index in [2.05, 4.69) is 0 Å². The molecule has 0 unspecified atom stereocenters. The highest BCUT2D eigenvalue weighted by Gasteiger charge is 2.40. The number of aliphatic carboxylic acids is 1. The van der Waals surface area contributed by atoms with Crippen LogP contribution in [0.2, 0.25) is 0 Å². The molecule has 1 saturated heterocycles. The fourth-order valence-corrected chi connectivity index (χ4v) is 5.26. The van der Waals surface area contributed by atoms with Crippen LogP contribution in [-0.2, 0) is 20.2 Å². The lowest BCUT2D eigenvalue weighted by atomic mass is 9.87. The number of carboxylic acids is 1. The average molecular weight is 329 g/mol. The Balaban J connectivity index is 2.34. The van der Waals surface area contributed by atoms with Gasteiger partial charge in [0.05, 0.1) is 10.8 Å². The Bertz CT molecular complexity index is 632. The summed E-state index contributed by atoms with van der Waals surface area (Å²) in [5, 5.41) is 9.13. The maximum Gasteiger partial charge on any atom is 0.322 e. The second-order valence-electron chi connectivity index (χ2n) is 6.02. The SMILES string of the molecule is CC(C)(C)c1ccc(S(=O)(=O)N2CSC[C@H]2C(=O)O)cc1. The molecule has 2 rings (SSSR count). The number of nitrogens with zero attached hydrogens (tertiary/aromatic N) is 1. The first kappa shape index (κ1) is 16.3. The number of hydrogen-bond donors (Lipinski definition) is 1. The summed E-state index contributed by atoms with van der Waals surface area (Å²) in [5.41, 5.74) is 0.974. The molecule has 0 saturated carbocycles. The minimum absolute atomic E-state index is 0.0601. The lowest BCUT2D eigenvalue weighted by Crippen LogP contribution is -2.41. The van der Waals surface area contributed by atoms with Crippen LogP contribution in [0.5, 0.6) is 0 Å². The van der Waals surface area contributed by atoms with E-state index in [9.17, 15) is 13.2 Å². The van der Waals surface area contributed by atoms with E-state index in [-0.39, 0.29) is 21.9 Å². The van der Waals surface area contributed by atoms with Crippen LogP contribution < -0.4 is 0 Å². The van der Waals surface area contributed by atoms with Crippen molar-refractivity contribution in [3.8, 4) is 0 Å². The van der Waals surface area contributed by atoms with Gasteiger partial charge in [0, 0.05) is 5.75 Å². The Kier molecular flexibility index (Phi) is 4.37. The van der Waals surface area contributed by atoms with E-state index in [1.54, 1.807) is 24.3 Å². The molecule has 1 aliphatic heterocycles. The summed E-state index contributed by atoms with van der Waals surface area (Å²) < 4.78 is 26.2. The highest BCUT2D eigenvalue weighted by atomic mass is 32.2. The fraction of sp³-hybridized carbons (Fsp3) is 0.500. The first-order chi connectivity index (χ1) is 9.64. The Hall–Kier alpha value is -1.05. The molecule has 1 aromatic rings. The van der Waals surface area contributed by atoms with Crippen molar-refractivity contribution in [2.45, 2.75) is 37.1 Å². The summed E-state index contributed by atoms with van der Waals surface area (Å²) in [6.07, 6.45) is 0. The van der Waals surface area contributed by atoms with E-state index >= 15 is 0 Å². The minimum Gasteiger partial charge on any atom is -0.480 e. The van der Waals surface area contributed by atoms with Crippen LogP contribution >= 0.6 is 11.8 Å². The molecule has 1 aromatic carbocycles. The molecular formula is C14H19NO4S2. The second kappa shape index (κ2) is 5.62. The Labute approximate surface area is 129 Å². The number of sulfonamides is 1. The van der Waals surface area contributed by atoms with Gasteiger partial charge in [-0.1, -0.05) is 32.9 Å². The third kappa shape index (κ3) is 3.25. The first-order valence-corrected chi connectivity index (χ1v) is 9.16. The zero-order valence-corrected chi connectivity index (χ0v) is 13.9. The third-order valence-electron chi connectivity index (χ3n) is 3.45. The van der Waals surface area contributed by atoms with Gasteiger partial charge in [-0.3, -0.25) is 4.79 Å².